The van der Waals surface area contributed by atoms with Crippen LogP contribution >= 0.6 is 11.6 Å². The Labute approximate surface area is 142 Å². The molecule has 7 nitrogen and oxygen atoms in total. The van der Waals surface area contributed by atoms with Gasteiger partial charge in [0.25, 0.3) is 11.5 Å². The molecule has 0 fully saturated rings. The minimum Gasteiger partial charge on any atom is -0.352 e. The molecular weight excluding hydrogens is 330 g/mol. The van der Waals surface area contributed by atoms with Crippen molar-refractivity contribution in [3.63, 3.8) is 0 Å². The number of amides is 1. The topological polar surface area (TPSA) is 99.8 Å². The summed E-state index contributed by atoms with van der Waals surface area (Å²) in [4.78, 5) is 34.6. The molecule has 3 rings (SSSR count). The number of anilines is 2. The van der Waals surface area contributed by atoms with E-state index in [0.29, 0.717) is 34.5 Å². The predicted octanol–water partition coefficient (Wildman–Crippen LogP) is 2.46. The fourth-order valence-electron chi connectivity index (χ4n) is 2.25. The quantitative estimate of drug-likeness (QED) is 0.632. The number of carbonyl (C=O) groups excluding carboxylic acids is 1. The van der Waals surface area contributed by atoms with Crippen LogP contribution in [0.2, 0.25) is 5.15 Å². The molecule has 0 unspecified atom stereocenters. The van der Waals surface area contributed by atoms with E-state index in [1.54, 1.807) is 24.3 Å². The summed E-state index contributed by atoms with van der Waals surface area (Å²) in [5.74, 6) is 0.161. The summed E-state index contributed by atoms with van der Waals surface area (Å²) >= 11 is 5.99. The number of hydrogen-bond donors (Lipinski definition) is 3. The number of halogens is 1. The van der Waals surface area contributed by atoms with Crippen LogP contribution in [0.15, 0.2) is 41.5 Å². The number of H-pyrrole nitrogens is 1. The zero-order valence-corrected chi connectivity index (χ0v) is 13.5. The number of hydrogen-bond acceptors (Lipinski definition) is 5. The molecule has 3 N–H and O–H groups in total. The number of aromatic amines is 1. The number of benzene rings is 1. The average Bonchev–Trinajstić information content (AvgIpc) is 2.55. The molecular formula is C16H14ClN5O2. The van der Waals surface area contributed by atoms with Crippen molar-refractivity contribution >= 4 is 39.9 Å². The van der Waals surface area contributed by atoms with Gasteiger partial charge in [-0.25, -0.2) is 9.97 Å². The van der Waals surface area contributed by atoms with Crippen molar-refractivity contribution in [2.24, 2.45) is 0 Å². The lowest BCUT2D eigenvalue weighted by Crippen LogP contribution is -2.22. The van der Waals surface area contributed by atoms with Gasteiger partial charge < -0.3 is 15.6 Å². The van der Waals surface area contributed by atoms with Gasteiger partial charge in [0, 0.05) is 23.9 Å². The first kappa shape index (κ1) is 15.9. The van der Waals surface area contributed by atoms with Crippen molar-refractivity contribution in [1.82, 2.24) is 20.3 Å². The van der Waals surface area contributed by atoms with Crippen LogP contribution in [0.1, 0.15) is 17.3 Å². The van der Waals surface area contributed by atoms with E-state index < -0.39 is 0 Å². The van der Waals surface area contributed by atoms with Crippen LogP contribution in [0.4, 0.5) is 11.5 Å². The molecule has 0 saturated heterocycles. The summed E-state index contributed by atoms with van der Waals surface area (Å²) < 4.78 is 0. The summed E-state index contributed by atoms with van der Waals surface area (Å²) in [5.41, 5.74) is 1.35. The third-order valence-corrected chi connectivity index (χ3v) is 3.53. The van der Waals surface area contributed by atoms with E-state index in [2.05, 4.69) is 25.6 Å². The first-order valence-corrected chi connectivity index (χ1v) is 7.65. The minimum atomic E-state index is -0.314. The van der Waals surface area contributed by atoms with Crippen LogP contribution in [-0.4, -0.2) is 27.4 Å². The van der Waals surface area contributed by atoms with Crippen LogP contribution in [0.25, 0.3) is 10.9 Å². The van der Waals surface area contributed by atoms with Gasteiger partial charge in [-0.05, 0) is 31.2 Å². The summed E-state index contributed by atoms with van der Waals surface area (Å²) in [6, 6.07) is 8.34. The summed E-state index contributed by atoms with van der Waals surface area (Å²) in [5, 5.41) is 6.31. The number of nitrogens with one attached hydrogen (secondary N) is 3. The average molecular weight is 344 g/mol. The molecule has 0 aliphatic carbocycles. The lowest BCUT2D eigenvalue weighted by molar-refractivity contribution is 0.0956. The van der Waals surface area contributed by atoms with Crippen molar-refractivity contribution in [3.8, 4) is 0 Å². The Morgan fingerprint density at radius 1 is 1.29 bits per heavy atom. The minimum absolute atomic E-state index is 0.143. The second-order valence-electron chi connectivity index (χ2n) is 4.98. The van der Waals surface area contributed by atoms with Gasteiger partial charge >= 0.3 is 0 Å². The molecule has 122 valence electrons. The van der Waals surface area contributed by atoms with E-state index in [0.717, 1.165) is 0 Å². The van der Waals surface area contributed by atoms with Crippen molar-refractivity contribution in [2.75, 3.05) is 11.9 Å². The zero-order chi connectivity index (χ0) is 17.1. The molecule has 3 aromatic rings. The van der Waals surface area contributed by atoms with Crippen LogP contribution in [0, 0.1) is 0 Å². The Hall–Kier alpha value is -2.93. The highest BCUT2D eigenvalue weighted by Gasteiger charge is 2.11. The van der Waals surface area contributed by atoms with Crippen molar-refractivity contribution in [2.45, 2.75) is 6.92 Å². The number of rotatable bonds is 4. The number of carbonyl (C=O) groups is 1. The van der Waals surface area contributed by atoms with E-state index >= 15 is 0 Å². The molecule has 0 aliphatic heterocycles. The van der Waals surface area contributed by atoms with Crippen molar-refractivity contribution in [1.29, 1.82) is 0 Å². The van der Waals surface area contributed by atoms with Gasteiger partial charge in [0.2, 0.25) is 0 Å². The third-order valence-electron chi connectivity index (χ3n) is 3.34. The molecule has 24 heavy (non-hydrogen) atoms. The molecule has 0 radical (unpaired) electrons. The monoisotopic (exact) mass is 343 g/mol. The summed E-state index contributed by atoms with van der Waals surface area (Å²) in [6.45, 7) is 2.42. The molecule has 0 saturated carbocycles. The van der Waals surface area contributed by atoms with Gasteiger partial charge in [-0.15, -0.1) is 0 Å². The van der Waals surface area contributed by atoms with E-state index in [-0.39, 0.29) is 16.6 Å². The van der Waals surface area contributed by atoms with Gasteiger partial charge in [0.05, 0.1) is 11.8 Å². The highest BCUT2D eigenvalue weighted by atomic mass is 35.5. The molecule has 0 aliphatic rings. The third kappa shape index (κ3) is 3.21. The molecule has 0 bridgehead atoms. The van der Waals surface area contributed by atoms with Gasteiger partial charge in [-0.1, -0.05) is 11.6 Å². The predicted molar refractivity (Wildman–Crippen MR) is 92.9 cm³/mol. The standard InChI is InChI=1S/C16H14ClN5O2/c1-2-18-15(23)9-3-5-10(6-4-9)21-14-13-11(7-12(17)22-14)19-8-20-16(13)24/h3-8H,2H2,1H3,(H,18,23)(H,21,22)(H,19,20,24). The summed E-state index contributed by atoms with van der Waals surface area (Å²) in [7, 11) is 0. The SMILES string of the molecule is CCNC(=O)c1ccc(Nc2nc(Cl)cc3nc[nH]c(=O)c23)cc1. The Morgan fingerprint density at radius 2 is 2.04 bits per heavy atom. The molecule has 0 atom stereocenters. The zero-order valence-electron chi connectivity index (χ0n) is 12.8. The van der Waals surface area contributed by atoms with Gasteiger partial charge in [0.15, 0.2) is 0 Å². The maximum absolute atomic E-state index is 12.0. The Bertz CT molecular complexity index is 953. The fraction of sp³-hybridized carbons (Fsp3) is 0.125. The van der Waals surface area contributed by atoms with E-state index in [1.807, 2.05) is 6.92 Å². The van der Waals surface area contributed by atoms with Crippen molar-refractivity contribution < 1.29 is 4.79 Å². The van der Waals surface area contributed by atoms with E-state index in [4.69, 9.17) is 11.6 Å². The lowest BCUT2D eigenvalue weighted by atomic mass is 10.2. The number of nitrogens with zero attached hydrogens (tertiary/aromatic N) is 2. The van der Waals surface area contributed by atoms with Crippen molar-refractivity contribution in [3.05, 3.63) is 57.7 Å². The maximum atomic E-state index is 12.0. The van der Waals surface area contributed by atoms with E-state index in [1.165, 1.54) is 12.4 Å². The van der Waals surface area contributed by atoms with Gasteiger partial charge in [0.1, 0.15) is 16.4 Å². The molecule has 2 aromatic heterocycles. The normalized spacial score (nSPS) is 10.6. The number of fused-ring (bicyclic) bond motifs is 1. The molecule has 2 heterocycles. The number of aromatic nitrogens is 3. The highest BCUT2D eigenvalue weighted by Crippen LogP contribution is 2.23. The van der Waals surface area contributed by atoms with E-state index in [9.17, 15) is 9.59 Å². The Kier molecular flexibility index (Phi) is 4.43. The molecule has 1 aromatic carbocycles. The van der Waals surface area contributed by atoms with Crippen LogP contribution < -0.4 is 16.2 Å². The van der Waals surface area contributed by atoms with Crippen LogP contribution in [0.5, 0.6) is 0 Å². The van der Waals surface area contributed by atoms with Crippen LogP contribution in [0.3, 0.4) is 0 Å². The molecule has 1 amide bonds. The second-order valence-corrected chi connectivity index (χ2v) is 5.37. The van der Waals surface area contributed by atoms with Gasteiger partial charge in [-0.3, -0.25) is 9.59 Å². The second kappa shape index (κ2) is 6.67. The maximum Gasteiger partial charge on any atom is 0.262 e. The summed E-state index contributed by atoms with van der Waals surface area (Å²) in [6.07, 6.45) is 1.31. The molecule has 0 spiro atoms. The first-order valence-electron chi connectivity index (χ1n) is 7.27. The fourth-order valence-corrected chi connectivity index (χ4v) is 2.44. The van der Waals surface area contributed by atoms with Gasteiger partial charge in [-0.2, -0.15) is 0 Å². The Morgan fingerprint density at radius 3 is 2.75 bits per heavy atom. The largest absolute Gasteiger partial charge is 0.352 e. The lowest BCUT2D eigenvalue weighted by Gasteiger charge is -2.09. The van der Waals surface area contributed by atoms with Crippen LogP contribution in [-0.2, 0) is 0 Å². The molecule has 8 heteroatoms. The smallest absolute Gasteiger partial charge is 0.262 e. The number of pyridine rings is 1. The highest BCUT2D eigenvalue weighted by molar-refractivity contribution is 6.30. The first-order chi connectivity index (χ1) is 11.6. The Balaban J connectivity index is 1.95.